The van der Waals surface area contributed by atoms with E-state index in [2.05, 4.69) is 15.6 Å². The molecule has 1 aromatic carbocycles. The summed E-state index contributed by atoms with van der Waals surface area (Å²) in [7, 11) is 1.59. The Balaban J connectivity index is 2.16. The average Bonchev–Trinajstić information content (AvgIpc) is 2.94. The molecule has 0 fully saturated rings. The van der Waals surface area contributed by atoms with Crippen LogP contribution in [0, 0.1) is 6.92 Å². The molecule has 0 unspecified atom stereocenters. The predicted octanol–water partition coefficient (Wildman–Crippen LogP) is 1.96. The van der Waals surface area contributed by atoms with Gasteiger partial charge >= 0.3 is 5.97 Å². The van der Waals surface area contributed by atoms with Gasteiger partial charge < -0.3 is 15.2 Å². The number of aliphatic carboxylic acids is 1. The third-order valence-corrected chi connectivity index (χ3v) is 3.84. The van der Waals surface area contributed by atoms with E-state index in [1.807, 2.05) is 12.1 Å². The lowest BCUT2D eigenvalue weighted by Crippen LogP contribution is -2.44. The summed E-state index contributed by atoms with van der Waals surface area (Å²) in [5.74, 6) is -0.559. The number of nitrogens with zero attached hydrogens (tertiary/aromatic N) is 3. The molecule has 0 aliphatic carbocycles. The van der Waals surface area contributed by atoms with Crippen LogP contribution in [0.15, 0.2) is 24.3 Å². The van der Waals surface area contributed by atoms with Crippen LogP contribution in [-0.2, 0) is 4.79 Å². The smallest absolute Gasteiger partial charge is 0.303 e. The van der Waals surface area contributed by atoms with Crippen molar-refractivity contribution in [1.82, 2.24) is 20.3 Å². The number of benzene rings is 1. The zero-order valence-electron chi connectivity index (χ0n) is 14.7. The van der Waals surface area contributed by atoms with E-state index in [4.69, 9.17) is 9.84 Å². The molecule has 8 nitrogen and oxygen atoms in total. The van der Waals surface area contributed by atoms with Crippen molar-refractivity contribution in [1.29, 1.82) is 0 Å². The maximum atomic E-state index is 12.5. The number of ether oxygens (including phenoxy) is 1. The van der Waals surface area contributed by atoms with Crippen LogP contribution in [0.5, 0.6) is 5.75 Å². The molecule has 0 bridgehead atoms. The fourth-order valence-electron chi connectivity index (χ4n) is 2.36. The number of aromatic nitrogens is 3. The number of rotatable bonds is 7. The summed E-state index contributed by atoms with van der Waals surface area (Å²) in [6.07, 6.45) is 0.296. The molecule has 0 saturated carbocycles. The van der Waals surface area contributed by atoms with Crippen LogP contribution < -0.4 is 10.1 Å². The zero-order chi connectivity index (χ0) is 18.6. The minimum absolute atomic E-state index is 0.0230. The molecule has 0 spiro atoms. The summed E-state index contributed by atoms with van der Waals surface area (Å²) in [6, 6.07) is 7.23. The van der Waals surface area contributed by atoms with E-state index in [1.165, 1.54) is 0 Å². The lowest BCUT2D eigenvalue weighted by Gasteiger charge is -2.25. The highest BCUT2D eigenvalue weighted by Gasteiger charge is 2.25. The van der Waals surface area contributed by atoms with Gasteiger partial charge in [0.15, 0.2) is 5.69 Å². The SMILES string of the molecule is COc1ccc(-n2nnc(C(=O)NC(C)(C)CCC(=O)O)c2C)cc1. The molecule has 0 aliphatic heterocycles. The Morgan fingerprint density at radius 3 is 2.48 bits per heavy atom. The molecule has 2 rings (SSSR count). The normalized spacial score (nSPS) is 11.2. The number of carboxylic acid groups (broad SMARTS) is 1. The number of hydrogen-bond donors (Lipinski definition) is 2. The Labute approximate surface area is 145 Å². The molecule has 0 atom stereocenters. The molecule has 2 N–H and O–H groups in total. The van der Waals surface area contributed by atoms with Gasteiger partial charge in [0.25, 0.3) is 5.91 Å². The summed E-state index contributed by atoms with van der Waals surface area (Å²) in [5, 5.41) is 19.6. The molecule has 8 heteroatoms. The van der Waals surface area contributed by atoms with Crippen molar-refractivity contribution < 1.29 is 19.4 Å². The predicted molar refractivity (Wildman–Crippen MR) is 91.1 cm³/mol. The van der Waals surface area contributed by atoms with Crippen molar-refractivity contribution in [3.05, 3.63) is 35.7 Å². The largest absolute Gasteiger partial charge is 0.497 e. The van der Waals surface area contributed by atoms with E-state index in [1.54, 1.807) is 44.7 Å². The maximum absolute atomic E-state index is 12.5. The Hall–Kier alpha value is -2.90. The van der Waals surface area contributed by atoms with Crippen LogP contribution in [-0.4, -0.2) is 44.6 Å². The number of hydrogen-bond acceptors (Lipinski definition) is 5. The van der Waals surface area contributed by atoms with E-state index in [9.17, 15) is 9.59 Å². The van der Waals surface area contributed by atoms with E-state index in [0.717, 1.165) is 11.4 Å². The van der Waals surface area contributed by atoms with Crippen LogP contribution in [0.25, 0.3) is 5.69 Å². The third-order valence-electron chi connectivity index (χ3n) is 3.84. The van der Waals surface area contributed by atoms with Gasteiger partial charge in [-0.25, -0.2) is 4.68 Å². The van der Waals surface area contributed by atoms with E-state index in [-0.39, 0.29) is 18.0 Å². The Morgan fingerprint density at radius 2 is 1.92 bits per heavy atom. The van der Waals surface area contributed by atoms with Gasteiger partial charge in [0, 0.05) is 12.0 Å². The van der Waals surface area contributed by atoms with Crippen LogP contribution in [0.2, 0.25) is 0 Å². The van der Waals surface area contributed by atoms with Crippen molar-refractivity contribution in [3.63, 3.8) is 0 Å². The molecule has 134 valence electrons. The molecule has 0 saturated heterocycles. The lowest BCUT2D eigenvalue weighted by atomic mass is 9.98. The van der Waals surface area contributed by atoms with E-state index in [0.29, 0.717) is 12.1 Å². The fourth-order valence-corrected chi connectivity index (χ4v) is 2.36. The number of methoxy groups -OCH3 is 1. The van der Waals surface area contributed by atoms with Crippen molar-refractivity contribution in [2.24, 2.45) is 0 Å². The molecule has 1 aromatic heterocycles. The molecule has 2 aromatic rings. The standard InChI is InChI=1S/C17H22N4O4/c1-11-15(16(24)18-17(2,3)10-9-14(22)23)19-20-21(11)12-5-7-13(25-4)8-6-12/h5-8H,9-10H2,1-4H3,(H,18,24)(H,22,23). The van der Waals surface area contributed by atoms with Gasteiger partial charge in [-0.1, -0.05) is 5.21 Å². The van der Waals surface area contributed by atoms with Crippen LogP contribution in [0.1, 0.15) is 42.9 Å². The minimum atomic E-state index is -0.899. The van der Waals surface area contributed by atoms with Crippen molar-refractivity contribution in [2.45, 2.75) is 39.2 Å². The second-order valence-corrected chi connectivity index (χ2v) is 6.37. The van der Waals surface area contributed by atoms with E-state index >= 15 is 0 Å². The summed E-state index contributed by atoms with van der Waals surface area (Å²) < 4.78 is 6.69. The number of amides is 1. The first-order valence-electron chi connectivity index (χ1n) is 7.84. The lowest BCUT2D eigenvalue weighted by molar-refractivity contribution is -0.137. The highest BCUT2D eigenvalue weighted by Crippen LogP contribution is 2.18. The Bertz CT molecular complexity index is 765. The van der Waals surface area contributed by atoms with Crippen LogP contribution >= 0.6 is 0 Å². The summed E-state index contributed by atoms with van der Waals surface area (Å²) >= 11 is 0. The number of carbonyl (C=O) groups excluding carboxylic acids is 1. The molecule has 25 heavy (non-hydrogen) atoms. The first kappa shape index (κ1) is 18.4. The molecular formula is C17H22N4O4. The summed E-state index contributed by atoms with van der Waals surface area (Å²) in [4.78, 5) is 23.2. The second-order valence-electron chi connectivity index (χ2n) is 6.37. The third kappa shape index (κ3) is 4.56. The summed E-state index contributed by atoms with van der Waals surface area (Å²) in [6.45, 7) is 5.30. The average molecular weight is 346 g/mol. The topological polar surface area (TPSA) is 106 Å². The van der Waals surface area contributed by atoms with Crippen LogP contribution in [0.4, 0.5) is 0 Å². The molecule has 0 radical (unpaired) electrons. The van der Waals surface area contributed by atoms with Crippen molar-refractivity contribution in [3.8, 4) is 11.4 Å². The van der Waals surface area contributed by atoms with Gasteiger partial charge in [0.2, 0.25) is 0 Å². The van der Waals surface area contributed by atoms with Gasteiger partial charge in [-0.3, -0.25) is 9.59 Å². The van der Waals surface area contributed by atoms with Gasteiger partial charge in [0.1, 0.15) is 5.75 Å². The summed E-state index contributed by atoms with van der Waals surface area (Å²) in [5.41, 5.74) is 0.900. The molecular weight excluding hydrogens is 324 g/mol. The first-order valence-corrected chi connectivity index (χ1v) is 7.84. The van der Waals surface area contributed by atoms with Gasteiger partial charge in [-0.2, -0.15) is 0 Å². The van der Waals surface area contributed by atoms with Gasteiger partial charge in [-0.15, -0.1) is 5.10 Å². The van der Waals surface area contributed by atoms with E-state index < -0.39 is 11.5 Å². The number of carbonyl (C=O) groups is 2. The van der Waals surface area contributed by atoms with Crippen LogP contribution in [0.3, 0.4) is 0 Å². The molecule has 1 amide bonds. The monoisotopic (exact) mass is 346 g/mol. The molecule has 0 aliphatic rings. The van der Waals surface area contributed by atoms with Gasteiger partial charge in [-0.05, 0) is 51.5 Å². The van der Waals surface area contributed by atoms with Crippen molar-refractivity contribution >= 4 is 11.9 Å². The minimum Gasteiger partial charge on any atom is -0.497 e. The fraction of sp³-hybridized carbons (Fsp3) is 0.412. The van der Waals surface area contributed by atoms with Gasteiger partial charge in [0.05, 0.1) is 18.5 Å². The van der Waals surface area contributed by atoms with Crippen molar-refractivity contribution in [2.75, 3.05) is 7.11 Å². The highest BCUT2D eigenvalue weighted by atomic mass is 16.5. The Kier molecular flexibility index (Phi) is 5.41. The quantitative estimate of drug-likeness (QED) is 0.794. The first-order chi connectivity index (χ1) is 11.7. The maximum Gasteiger partial charge on any atom is 0.303 e. The number of carboxylic acids is 1. The highest BCUT2D eigenvalue weighted by molar-refractivity contribution is 5.93. The molecule has 1 heterocycles. The zero-order valence-corrected chi connectivity index (χ0v) is 14.7. The Morgan fingerprint density at radius 1 is 1.28 bits per heavy atom. The number of nitrogens with one attached hydrogen (secondary N) is 1. The second kappa shape index (κ2) is 7.33.